The molecule has 0 radical (unpaired) electrons. The Hall–Kier alpha value is -0.0800. The molecule has 0 aliphatic carbocycles. The van der Waals surface area contributed by atoms with Crippen LogP contribution in [0.4, 0.5) is 0 Å². The maximum absolute atomic E-state index is 4.45. The van der Waals surface area contributed by atoms with E-state index in [2.05, 4.69) is 50.7 Å². The Bertz CT molecular complexity index is 223. The quantitative estimate of drug-likeness (QED) is 0.572. The molecule has 0 aliphatic rings. The lowest BCUT2D eigenvalue weighted by Gasteiger charge is -2.16. The third kappa shape index (κ3) is 4.07. The van der Waals surface area contributed by atoms with Crippen molar-refractivity contribution in [3.8, 4) is 0 Å². The van der Waals surface area contributed by atoms with Crippen molar-refractivity contribution in [2.45, 2.75) is 23.7 Å². The van der Waals surface area contributed by atoms with Crippen molar-refractivity contribution in [1.29, 1.82) is 0 Å². The number of rotatable bonds is 3. The molecule has 66 valence electrons. The molecule has 2 heteroatoms. The summed E-state index contributed by atoms with van der Waals surface area (Å²) >= 11 is 6.30. The predicted octanol–water partition coefficient (Wildman–Crippen LogP) is 3.59. The fourth-order valence-corrected chi connectivity index (χ4v) is 1.74. The molecule has 0 fully saturated rings. The van der Waals surface area contributed by atoms with Gasteiger partial charge in [0.05, 0.1) is 4.08 Å². The van der Waals surface area contributed by atoms with Crippen molar-refractivity contribution >= 4 is 24.4 Å². The second-order valence-electron chi connectivity index (χ2n) is 3.22. The molecule has 0 heterocycles. The molecule has 0 bridgehead atoms. The summed E-state index contributed by atoms with van der Waals surface area (Å²) in [6.45, 7) is 4.23. The van der Waals surface area contributed by atoms with Gasteiger partial charge in [0, 0.05) is 5.75 Å². The summed E-state index contributed by atoms with van der Waals surface area (Å²) in [4.78, 5) is 0. The summed E-state index contributed by atoms with van der Waals surface area (Å²) in [6, 6.07) is 10.5. The van der Waals surface area contributed by atoms with Gasteiger partial charge in [0.25, 0.3) is 0 Å². The molecule has 0 saturated heterocycles. The minimum atomic E-state index is 0.0653. The summed E-state index contributed by atoms with van der Waals surface area (Å²) in [5.74, 6) is 1.04. The number of thiol groups is 1. The Morgan fingerprint density at radius 2 is 1.83 bits per heavy atom. The molecule has 0 amide bonds. The molecule has 0 atom stereocenters. The Morgan fingerprint density at radius 1 is 1.25 bits per heavy atom. The Kier molecular flexibility index (Phi) is 3.53. The summed E-state index contributed by atoms with van der Waals surface area (Å²) in [5, 5.41) is 0. The minimum absolute atomic E-state index is 0.0653. The Labute approximate surface area is 84.2 Å². The summed E-state index contributed by atoms with van der Waals surface area (Å²) in [6.07, 6.45) is 0. The number of thioether (sulfide) groups is 1. The largest absolute Gasteiger partial charge is 0.162 e. The van der Waals surface area contributed by atoms with E-state index in [1.165, 1.54) is 5.56 Å². The smallest absolute Gasteiger partial charge is 0.0528 e. The van der Waals surface area contributed by atoms with Gasteiger partial charge < -0.3 is 0 Å². The molecule has 0 unspecified atom stereocenters. The summed E-state index contributed by atoms with van der Waals surface area (Å²) in [5.41, 5.74) is 1.37. The maximum Gasteiger partial charge on any atom is 0.0528 e. The SMILES string of the molecule is CC(C)(S)SCc1ccccc1. The van der Waals surface area contributed by atoms with Gasteiger partial charge in [-0.1, -0.05) is 30.3 Å². The van der Waals surface area contributed by atoms with Crippen molar-refractivity contribution in [3.05, 3.63) is 35.9 Å². The molecule has 0 aromatic heterocycles. The van der Waals surface area contributed by atoms with Crippen LogP contribution in [0.2, 0.25) is 0 Å². The topological polar surface area (TPSA) is 0 Å². The highest BCUT2D eigenvalue weighted by Gasteiger charge is 2.10. The molecule has 1 aromatic carbocycles. The van der Waals surface area contributed by atoms with Gasteiger partial charge in [-0.3, -0.25) is 0 Å². The van der Waals surface area contributed by atoms with Gasteiger partial charge >= 0.3 is 0 Å². The highest BCUT2D eigenvalue weighted by Crippen LogP contribution is 2.30. The first-order chi connectivity index (χ1) is 5.58. The molecule has 12 heavy (non-hydrogen) atoms. The van der Waals surface area contributed by atoms with E-state index in [1.54, 1.807) is 0 Å². The van der Waals surface area contributed by atoms with Gasteiger partial charge in [0.1, 0.15) is 0 Å². The molecule has 0 spiro atoms. The summed E-state index contributed by atoms with van der Waals surface area (Å²) < 4.78 is 0.0653. The number of hydrogen-bond acceptors (Lipinski definition) is 2. The molecular weight excluding hydrogens is 184 g/mol. The fourth-order valence-electron chi connectivity index (χ4n) is 0.834. The van der Waals surface area contributed by atoms with Crippen molar-refractivity contribution < 1.29 is 0 Å². The van der Waals surface area contributed by atoms with E-state index in [-0.39, 0.29) is 4.08 Å². The Balaban J connectivity index is 2.44. The zero-order valence-corrected chi connectivity index (χ0v) is 9.16. The van der Waals surface area contributed by atoms with E-state index in [0.29, 0.717) is 0 Å². The average Bonchev–Trinajstić information content (AvgIpc) is 2.02. The molecular formula is C10H14S2. The third-order valence-electron chi connectivity index (χ3n) is 1.43. The van der Waals surface area contributed by atoms with Gasteiger partial charge in [-0.05, 0) is 19.4 Å². The second-order valence-corrected chi connectivity index (χ2v) is 6.24. The zero-order valence-electron chi connectivity index (χ0n) is 7.45. The van der Waals surface area contributed by atoms with E-state index in [4.69, 9.17) is 0 Å². The Morgan fingerprint density at radius 3 is 2.33 bits per heavy atom. The first kappa shape index (κ1) is 10.0. The molecule has 0 aliphatic heterocycles. The average molecular weight is 198 g/mol. The lowest BCUT2D eigenvalue weighted by atomic mass is 10.2. The van der Waals surface area contributed by atoms with Crippen LogP contribution in [0, 0.1) is 0 Å². The van der Waals surface area contributed by atoms with Crippen LogP contribution in [-0.4, -0.2) is 4.08 Å². The van der Waals surface area contributed by atoms with Crippen LogP contribution in [0.25, 0.3) is 0 Å². The van der Waals surface area contributed by atoms with E-state index in [0.717, 1.165) is 5.75 Å². The van der Waals surface area contributed by atoms with Gasteiger partial charge in [-0.2, -0.15) is 12.6 Å². The third-order valence-corrected chi connectivity index (χ3v) is 3.01. The van der Waals surface area contributed by atoms with Gasteiger partial charge in [0.2, 0.25) is 0 Å². The number of benzene rings is 1. The van der Waals surface area contributed by atoms with Crippen LogP contribution in [0.1, 0.15) is 19.4 Å². The zero-order chi connectivity index (χ0) is 9.03. The van der Waals surface area contributed by atoms with E-state index >= 15 is 0 Å². The molecule has 1 rings (SSSR count). The first-order valence-corrected chi connectivity index (χ1v) is 5.41. The second kappa shape index (κ2) is 4.24. The van der Waals surface area contributed by atoms with Gasteiger partial charge in [-0.25, -0.2) is 0 Å². The molecule has 0 nitrogen and oxygen atoms in total. The summed E-state index contributed by atoms with van der Waals surface area (Å²) in [7, 11) is 0. The van der Waals surface area contributed by atoms with Crippen molar-refractivity contribution in [2.75, 3.05) is 0 Å². The van der Waals surface area contributed by atoms with E-state index < -0.39 is 0 Å². The highest BCUT2D eigenvalue weighted by atomic mass is 32.2. The van der Waals surface area contributed by atoms with Crippen LogP contribution in [-0.2, 0) is 5.75 Å². The van der Waals surface area contributed by atoms with E-state index in [9.17, 15) is 0 Å². The lowest BCUT2D eigenvalue weighted by molar-refractivity contribution is 1.03. The highest BCUT2D eigenvalue weighted by molar-refractivity contribution is 8.10. The lowest BCUT2D eigenvalue weighted by Crippen LogP contribution is -2.03. The monoisotopic (exact) mass is 198 g/mol. The molecule has 1 aromatic rings. The van der Waals surface area contributed by atoms with Crippen LogP contribution < -0.4 is 0 Å². The standard InChI is InChI=1S/C10H14S2/c1-10(2,11)12-8-9-6-4-3-5-7-9/h3-7,11H,8H2,1-2H3. The van der Waals surface area contributed by atoms with Gasteiger partial charge in [0.15, 0.2) is 0 Å². The van der Waals surface area contributed by atoms with Crippen LogP contribution >= 0.6 is 24.4 Å². The maximum atomic E-state index is 4.45. The van der Waals surface area contributed by atoms with Crippen molar-refractivity contribution in [3.63, 3.8) is 0 Å². The fraction of sp³-hybridized carbons (Fsp3) is 0.400. The van der Waals surface area contributed by atoms with Crippen LogP contribution in [0.3, 0.4) is 0 Å². The van der Waals surface area contributed by atoms with Gasteiger partial charge in [-0.15, -0.1) is 11.8 Å². The normalized spacial score (nSPS) is 11.6. The van der Waals surface area contributed by atoms with Crippen molar-refractivity contribution in [1.82, 2.24) is 0 Å². The van der Waals surface area contributed by atoms with Crippen molar-refractivity contribution in [2.24, 2.45) is 0 Å². The van der Waals surface area contributed by atoms with Crippen LogP contribution in [0.5, 0.6) is 0 Å². The minimum Gasteiger partial charge on any atom is -0.162 e. The molecule has 0 saturated carbocycles. The first-order valence-electron chi connectivity index (χ1n) is 3.98. The number of hydrogen-bond donors (Lipinski definition) is 1. The molecule has 0 N–H and O–H groups in total. The predicted molar refractivity (Wildman–Crippen MR) is 60.8 cm³/mol. The van der Waals surface area contributed by atoms with Crippen LogP contribution in [0.15, 0.2) is 30.3 Å². The van der Waals surface area contributed by atoms with E-state index in [1.807, 2.05) is 17.8 Å².